The van der Waals surface area contributed by atoms with Gasteiger partial charge in [-0.1, -0.05) is 6.07 Å². The van der Waals surface area contributed by atoms with Gasteiger partial charge in [0.25, 0.3) is 0 Å². The highest BCUT2D eigenvalue weighted by Crippen LogP contribution is 2.28. The zero-order chi connectivity index (χ0) is 16.7. The van der Waals surface area contributed by atoms with E-state index in [0.29, 0.717) is 33.4 Å². The third kappa shape index (κ3) is 2.48. The summed E-state index contributed by atoms with van der Waals surface area (Å²) in [6, 6.07) is 12.9. The highest BCUT2D eigenvalue weighted by Gasteiger charge is 2.12. The zero-order valence-electron chi connectivity index (χ0n) is 12.4. The van der Waals surface area contributed by atoms with E-state index in [1.807, 2.05) is 0 Å². The molecular formula is C18H12FNO4. The number of hydrogen-bond acceptors (Lipinski definition) is 3. The SMILES string of the molecule is O=C(O)c1cc2c(OCc3cc4cc(F)ccc4o3)cccc2[nH]1. The first-order valence-electron chi connectivity index (χ1n) is 7.26. The van der Waals surface area contributed by atoms with Crippen LogP contribution in [0.2, 0.25) is 0 Å². The Morgan fingerprint density at radius 2 is 2.08 bits per heavy atom. The number of carbonyl (C=O) groups is 1. The second-order valence-corrected chi connectivity index (χ2v) is 5.39. The Hall–Kier alpha value is -3.28. The smallest absolute Gasteiger partial charge is 0.352 e. The summed E-state index contributed by atoms with van der Waals surface area (Å²) in [6.45, 7) is 0.156. The lowest BCUT2D eigenvalue weighted by Crippen LogP contribution is -1.94. The molecule has 4 rings (SSSR count). The minimum absolute atomic E-state index is 0.0975. The van der Waals surface area contributed by atoms with Gasteiger partial charge in [0.05, 0.1) is 0 Å². The van der Waals surface area contributed by atoms with Crippen molar-refractivity contribution in [2.24, 2.45) is 0 Å². The van der Waals surface area contributed by atoms with Crippen molar-refractivity contribution < 1.29 is 23.4 Å². The normalized spacial score (nSPS) is 11.2. The third-order valence-corrected chi connectivity index (χ3v) is 3.75. The predicted octanol–water partition coefficient (Wildman–Crippen LogP) is 4.33. The fourth-order valence-corrected chi connectivity index (χ4v) is 2.66. The van der Waals surface area contributed by atoms with Crippen molar-refractivity contribution in [1.29, 1.82) is 0 Å². The maximum Gasteiger partial charge on any atom is 0.352 e. The van der Waals surface area contributed by atoms with E-state index in [-0.39, 0.29) is 18.1 Å². The lowest BCUT2D eigenvalue weighted by atomic mass is 10.2. The van der Waals surface area contributed by atoms with Gasteiger partial charge in [0.15, 0.2) is 0 Å². The number of furan rings is 1. The summed E-state index contributed by atoms with van der Waals surface area (Å²) >= 11 is 0. The van der Waals surface area contributed by atoms with Crippen LogP contribution in [0.15, 0.2) is 52.9 Å². The van der Waals surface area contributed by atoms with E-state index in [0.717, 1.165) is 0 Å². The summed E-state index contributed by atoms with van der Waals surface area (Å²) in [5, 5.41) is 10.4. The average molecular weight is 325 g/mol. The number of fused-ring (bicyclic) bond motifs is 2. The summed E-state index contributed by atoms with van der Waals surface area (Å²) in [5.41, 5.74) is 1.36. The first kappa shape index (κ1) is 14.3. The number of carboxylic acids is 1. The van der Waals surface area contributed by atoms with Gasteiger partial charge in [0, 0.05) is 16.3 Å². The molecule has 2 heterocycles. The van der Waals surface area contributed by atoms with Crippen LogP contribution in [-0.2, 0) is 6.61 Å². The van der Waals surface area contributed by atoms with Crippen LogP contribution >= 0.6 is 0 Å². The van der Waals surface area contributed by atoms with E-state index in [1.165, 1.54) is 18.2 Å². The predicted molar refractivity (Wildman–Crippen MR) is 85.8 cm³/mol. The molecule has 0 aliphatic rings. The largest absolute Gasteiger partial charge is 0.485 e. The van der Waals surface area contributed by atoms with Crippen LogP contribution in [0, 0.1) is 5.82 Å². The Balaban J connectivity index is 1.62. The van der Waals surface area contributed by atoms with Crippen LogP contribution in [-0.4, -0.2) is 16.1 Å². The van der Waals surface area contributed by atoms with Crippen LogP contribution in [0.5, 0.6) is 5.75 Å². The Morgan fingerprint density at radius 1 is 1.21 bits per heavy atom. The van der Waals surface area contributed by atoms with Gasteiger partial charge in [-0.2, -0.15) is 0 Å². The summed E-state index contributed by atoms with van der Waals surface area (Å²) in [7, 11) is 0. The Kier molecular flexibility index (Phi) is 3.23. The van der Waals surface area contributed by atoms with Crippen LogP contribution in [0.1, 0.15) is 16.2 Å². The number of aromatic amines is 1. The molecule has 24 heavy (non-hydrogen) atoms. The van der Waals surface area contributed by atoms with Crippen LogP contribution < -0.4 is 4.74 Å². The molecular weight excluding hydrogens is 313 g/mol. The summed E-state index contributed by atoms with van der Waals surface area (Å²) in [5.74, 6) is -0.255. The van der Waals surface area contributed by atoms with Gasteiger partial charge >= 0.3 is 5.97 Å². The van der Waals surface area contributed by atoms with E-state index in [1.54, 1.807) is 30.3 Å². The highest BCUT2D eigenvalue weighted by atomic mass is 19.1. The molecule has 120 valence electrons. The molecule has 0 amide bonds. The first-order valence-corrected chi connectivity index (χ1v) is 7.26. The Morgan fingerprint density at radius 3 is 2.92 bits per heavy atom. The van der Waals surface area contributed by atoms with Crippen molar-refractivity contribution in [1.82, 2.24) is 4.98 Å². The molecule has 2 aromatic carbocycles. The number of halogens is 1. The third-order valence-electron chi connectivity index (χ3n) is 3.75. The maximum atomic E-state index is 13.2. The minimum atomic E-state index is -1.03. The van der Waals surface area contributed by atoms with Gasteiger partial charge in [-0.25, -0.2) is 9.18 Å². The molecule has 5 nitrogen and oxygen atoms in total. The summed E-state index contributed by atoms with van der Waals surface area (Å²) in [6.07, 6.45) is 0. The van der Waals surface area contributed by atoms with Crippen molar-refractivity contribution in [3.05, 3.63) is 65.8 Å². The van der Waals surface area contributed by atoms with E-state index >= 15 is 0 Å². The highest BCUT2D eigenvalue weighted by molar-refractivity contribution is 5.96. The topological polar surface area (TPSA) is 75.5 Å². The molecule has 0 aliphatic heterocycles. The molecule has 0 fully saturated rings. The number of hydrogen-bond donors (Lipinski definition) is 2. The van der Waals surface area contributed by atoms with Gasteiger partial charge in [-0.15, -0.1) is 0 Å². The zero-order valence-corrected chi connectivity index (χ0v) is 12.4. The van der Waals surface area contributed by atoms with E-state index in [9.17, 15) is 9.18 Å². The van der Waals surface area contributed by atoms with Gasteiger partial charge < -0.3 is 19.2 Å². The summed E-state index contributed by atoms with van der Waals surface area (Å²) < 4.78 is 24.6. The lowest BCUT2D eigenvalue weighted by Gasteiger charge is -2.05. The van der Waals surface area contributed by atoms with E-state index in [4.69, 9.17) is 14.3 Å². The minimum Gasteiger partial charge on any atom is -0.485 e. The number of nitrogens with one attached hydrogen (secondary N) is 1. The Bertz CT molecular complexity index is 1060. The van der Waals surface area contributed by atoms with Gasteiger partial charge in [0.1, 0.15) is 35.2 Å². The fraction of sp³-hybridized carbons (Fsp3) is 0.0556. The number of benzene rings is 2. The molecule has 0 unspecified atom stereocenters. The number of carboxylic acid groups (broad SMARTS) is 1. The average Bonchev–Trinajstić information content (AvgIpc) is 3.16. The first-order chi connectivity index (χ1) is 11.6. The molecule has 0 radical (unpaired) electrons. The number of rotatable bonds is 4. The van der Waals surface area contributed by atoms with Crippen LogP contribution in [0.3, 0.4) is 0 Å². The molecule has 2 aromatic heterocycles. The number of aromatic carboxylic acids is 1. The van der Waals surface area contributed by atoms with Crippen LogP contribution in [0.4, 0.5) is 4.39 Å². The number of ether oxygens (including phenoxy) is 1. The molecule has 0 saturated carbocycles. The molecule has 0 aliphatic carbocycles. The summed E-state index contributed by atoms with van der Waals surface area (Å²) in [4.78, 5) is 13.9. The molecule has 2 N–H and O–H groups in total. The molecule has 0 spiro atoms. The lowest BCUT2D eigenvalue weighted by molar-refractivity contribution is 0.0691. The maximum absolute atomic E-state index is 13.2. The number of H-pyrrole nitrogens is 1. The number of aromatic nitrogens is 1. The molecule has 0 atom stereocenters. The van der Waals surface area contributed by atoms with Gasteiger partial charge in [-0.05, 0) is 42.5 Å². The second-order valence-electron chi connectivity index (χ2n) is 5.39. The van der Waals surface area contributed by atoms with E-state index < -0.39 is 5.97 Å². The molecule has 4 aromatic rings. The van der Waals surface area contributed by atoms with Gasteiger partial charge in [-0.3, -0.25) is 0 Å². The van der Waals surface area contributed by atoms with Crippen molar-refractivity contribution >= 4 is 27.8 Å². The standard InChI is InChI=1S/C18H12FNO4/c19-11-4-5-16-10(6-11)7-12(24-16)9-23-17-3-1-2-14-13(17)8-15(20-14)18(21)22/h1-8,20H,9H2,(H,21,22). The van der Waals surface area contributed by atoms with Crippen LogP contribution in [0.25, 0.3) is 21.9 Å². The molecule has 6 heteroatoms. The quantitative estimate of drug-likeness (QED) is 0.585. The van der Waals surface area contributed by atoms with Crippen molar-refractivity contribution in [2.75, 3.05) is 0 Å². The Labute approximate surface area is 135 Å². The van der Waals surface area contributed by atoms with Crippen molar-refractivity contribution in [3.63, 3.8) is 0 Å². The van der Waals surface area contributed by atoms with Crippen molar-refractivity contribution in [2.45, 2.75) is 6.61 Å². The molecule has 0 bridgehead atoms. The monoisotopic (exact) mass is 325 g/mol. The van der Waals surface area contributed by atoms with Gasteiger partial charge in [0.2, 0.25) is 0 Å². The fourth-order valence-electron chi connectivity index (χ4n) is 2.66. The molecule has 0 saturated heterocycles. The van der Waals surface area contributed by atoms with E-state index in [2.05, 4.69) is 4.98 Å². The van der Waals surface area contributed by atoms with Crippen molar-refractivity contribution in [3.8, 4) is 5.75 Å². The second kappa shape index (κ2) is 5.42.